The van der Waals surface area contributed by atoms with Crippen molar-refractivity contribution in [3.8, 4) is 0 Å². The topological polar surface area (TPSA) is 30.0 Å². The number of hydrogen-bond donors (Lipinski definition) is 0. The van der Waals surface area contributed by atoms with Crippen LogP contribution in [0.25, 0.3) is 0 Å². The Bertz CT molecular complexity index is 608. The van der Waals surface area contributed by atoms with Gasteiger partial charge >= 0.3 is 6.18 Å². The molecule has 1 aromatic carbocycles. The second-order valence-electron chi connectivity index (χ2n) is 3.74. The van der Waals surface area contributed by atoms with E-state index in [9.17, 15) is 18.0 Å². The highest BCUT2D eigenvalue weighted by atomic mass is 79.9. The van der Waals surface area contributed by atoms with Gasteiger partial charge in [0.2, 0.25) is 5.78 Å². The van der Waals surface area contributed by atoms with Crippen LogP contribution in [0.2, 0.25) is 0 Å². The Hall–Kier alpha value is -1.69. The normalized spacial score (nSPS) is 11.4. The molecule has 0 N–H and O–H groups in total. The number of pyridine rings is 1. The minimum Gasteiger partial charge on any atom is -0.287 e. The van der Waals surface area contributed by atoms with Gasteiger partial charge in [-0.3, -0.25) is 9.78 Å². The Labute approximate surface area is 115 Å². The van der Waals surface area contributed by atoms with Gasteiger partial charge in [0.05, 0.1) is 5.56 Å². The fourth-order valence-corrected chi connectivity index (χ4v) is 1.94. The van der Waals surface area contributed by atoms with E-state index in [1.165, 1.54) is 6.20 Å². The van der Waals surface area contributed by atoms with Crippen molar-refractivity contribution in [1.29, 1.82) is 0 Å². The zero-order valence-corrected chi connectivity index (χ0v) is 11.0. The number of halogens is 4. The lowest BCUT2D eigenvalue weighted by atomic mass is 10.1. The lowest BCUT2D eigenvalue weighted by Gasteiger charge is -2.07. The Balaban J connectivity index is 2.34. The van der Waals surface area contributed by atoms with Crippen molar-refractivity contribution in [3.63, 3.8) is 0 Å². The van der Waals surface area contributed by atoms with Gasteiger partial charge in [-0.05, 0) is 40.2 Å². The lowest BCUT2D eigenvalue weighted by Crippen LogP contribution is -2.08. The second kappa shape index (κ2) is 5.13. The molecule has 0 atom stereocenters. The van der Waals surface area contributed by atoms with Crippen molar-refractivity contribution in [3.05, 3.63) is 63.9 Å². The number of alkyl halides is 3. The molecular weight excluding hydrogens is 323 g/mol. The van der Waals surface area contributed by atoms with Crippen LogP contribution in [0, 0.1) is 0 Å². The molecule has 6 heteroatoms. The molecule has 2 rings (SSSR count). The van der Waals surface area contributed by atoms with Gasteiger partial charge in [-0.1, -0.05) is 12.1 Å². The van der Waals surface area contributed by atoms with Crippen LogP contribution < -0.4 is 0 Å². The first-order valence-electron chi connectivity index (χ1n) is 5.22. The highest BCUT2D eigenvalue weighted by Crippen LogP contribution is 2.29. The third kappa shape index (κ3) is 3.01. The smallest absolute Gasteiger partial charge is 0.287 e. The molecule has 0 aliphatic heterocycles. The second-order valence-corrected chi connectivity index (χ2v) is 4.59. The predicted molar refractivity (Wildman–Crippen MR) is 66.8 cm³/mol. The van der Waals surface area contributed by atoms with Gasteiger partial charge in [0.1, 0.15) is 5.69 Å². The van der Waals surface area contributed by atoms with Crippen LogP contribution in [0.3, 0.4) is 0 Å². The molecule has 2 nitrogen and oxygen atoms in total. The molecule has 1 aromatic heterocycles. The summed E-state index contributed by atoms with van der Waals surface area (Å²) < 4.78 is 37.7. The monoisotopic (exact) mass is 329 g/mol. The van der Waals surface area contributed by atoms with Gasteiger partial charge in [0.15, 0.2) is 0 Å². The summed E-state index contributed by atoms with van der Waals surface area (Å²) in [5.74, 6) is -0.429. The molecule has 0 aliphatic carbocycles. The molecular formula is C13H7BrF3NO. The molecule has 0 unspecified atom stereocenters. The summed E-state index contributed by atoms with van der Waals surface area (Å²) in [5.41, 5.74) is -0.459. The van der Waals surface area contributed by atoms with Gasteiger partial charge in [-0.15, -0.1) is 0 Å². The Morgan fingerprint density at radius 3 is 2.26 bits per heavy atom. The number of carbonyl (C=O) groups is 1. The van der Waals surface area contributed by atoms with Crippen molar-refractivity contribution in [2.45, 2.75) is 6.18 Å². The van der Waals surface area contributed by atoms with Crippen LogP contribution in [0.1, 0.15) is 21.6 Å². The number of rotatable bonds is 2. The highest BCUT2D eigenvalue weighted by Gasteiger charge is 2.30. The predicted octanol–water partition coefficient (Wildman–Crippen LogP) is 4.09. The minimum absolute atomic E-state index is 0.160. The van der Waals surface area contributed by atoms with Crippen LogP contribution in [0.15, 0.2) is 47.1 Å². The standard InChI is InChI=1S/C13H7BrF3NO/c14-10-2-1-7-18-11(10)12(19)8-3-5-9(6-4-8)13(15,16)17/h1-7H. The molecule has 19 heavy (non-hydrogen) atoms. The van der Waals surface area contributed by atoms with E-state index in [4.69, 9.17) is 0 Å². The summed E-state index contributed by atoms with van der Waals surface area (Å²) in [4.78, 5) is 16.0. The molecule has 0 aliphatic rings. The maximum atomic E-state index is 12.4. The van der Waals surface area contributed by atoms with Crippen LogP contribution in [0.4, 0.5) is 13.2 Å². The van der Waals surface area contributed by atoms with Gasteiger partial charge in [0.25, 0.3) is 0 Å². The lowest BCUT2D eigenvalue weighted by molar-refractivity contribution is -0.137. The number of hydrogen-bond acceptors (Lipinski definition) is 2. The van der Waals surface area contributed by atoms with E-state index in [1.807, 2.05) is 0 Å². The van der Waals surface area contributed by atoms with E-state index >= 15 is 0 Å². The summed E-state index contributed by atoms with van der Waals surface area (Å²) in [6.07, 6.45) is -2.96. The number of nitrogens with zero attached hydrogens (tertiary/aromatic N) is 1. The molecule has 0 saturated carbocycles. The summed E-state index contributed by atoms with van der Waals surface area (Å²) in [6, 6.07) is 7.34. The zero-order chi connectivity index (χ0) is 14.0. The highest BCUT2D eigenvalue weighted by molar-refractivity contribution is 9.10. The number of benzene rings is 1. The Kier molecular flexibility index (Phi) is 3.71. The van der Waals surface area contributed by atoms with Crippen molar-refractivity contribution < 1.29 is 18.0 Å². The quantitative estimate of drug-likeness (QED) is 0.776. The SMILES string of the molecule is O=C(c1ccc(C(F)(F)F)cc1)c1ncccc1Br. The van der Waals surface area contributed by atoms with Crippen LogP contribution >= 0.6 is 15.9 Å². The molecule has 1 heterocycles. The first-order chi connectivity index (χ1) is 8.89. The third-order valence-electron chi connectivity index (χ3n) is 2.45. The van der Waals surface area contributed by atoms with Crippen LogP contribution in [-0.2, 0) is 6.18 Å². The van der Waals surface area contributed by atoms with E-state index in [2.05, 4.69) is 20.9 Å². The average Bonchev–Trinajstić information content (AvgIpc) is 2.38. The molecule has 0 fully saturated rings. The summed E-state index contributed by atoms with van der Waals surface area (Å²) in [5, 5.41) is 0. The molecule has 0 saturated heterocycles. The molecule has 0 spiro atoms. The van der Waals surface area contributed by atoms with E-state index < -0.39 is 17.5 Å². The zero-order valence-electron chi connectivity index (χ0n) is 9.41. The molecule has 0 bridgehead atoms. The number of carbonyl (C=O) groups excluding carboxylic acids is 1. The van der Waals surface area contributed by atoms with Gasteiger partial charge in [0, 0.05) is 16.2 Å². The first kappa shape index (κ1) is 13.7. The largest absolute Gasteiger partial charge is 0.416 e. The molecule has 0 amide bonds. The van der Waals surface area contributed by atoms with Crippen molar-refractivity contribution in [2.24, 2.45) is 0 Å². The van der Waals surface area contributed by atoms with Crippen molar-refractivity contribution in [1.82, 2.24) is 4.98 Å². The van der Waals surface area contributed by atoms with Gasteiger partial charge < -0.3 is 0 Å². The fraction of sp³-hybridized carbons (Fsp3) is 0.0769. The van der Waals surface area contributed by atoms with Gasteiger partial charge in [-0.25, -0.2) is 0 Å². The average molecular weight is 330 g/mol. The third-order valence-corrected chi connectivity index (χ3v) is 3.09. The number of aromatic nitrogens is 1. The summed E-state index contributed by atoms with van der Waals surface area (Å²) in [7, 11) is 0. The minimum atomic E-state index is -4.41. The van der Waals surface area contributed by atoms with Gasteiger partial charge in [-0.2, -0.15) is 13.2 Å². The van der Waals surface area contributed by atoms with Crippen molar-refractivity contribution >= 4 is 21.7 Å². The summed E-state index contributed by atoms with van der Waals surface area (Å²) >= 11 is 3.18. The van der Waals surface area contributed by atoms with Crippen LogP contribution in [-0.4, -0.2) is 10.8 Å². The van der Waals surface area contributed by atoms with Crippen LogP contribution in [0.5, 0.6) is 0 Å². The van der Waals surface area contributed by atoms with Crippen molar-refractivity contribution in [2.75, 3.05) is 0 Å². The van der Waals surface area contributed by atoms with E-state index in [0.717, 1.165) is 24.3 Å². The fourth-order valence-electron chi connectivity index (χ4n) is 1.50. The maximum Gasteiger partial charge on any atom is 0.416 e. The van der Waals surface area contributed by atoms with E-state index in [0.29, 0.717) is 4.47 Å². The molecule has 98 valence electrons. The Morgan fingerprint density at radius 1 is 1.11 bits per heavy atom. The Morgan fingerprint density at radius 2 is 1.74 bits per heavy atom. The first-order valence-corrected chi connectivity index (χ1v) is 6.01. The molecule has 2 aromatic rings. The van der Waals surface area contributed by atoms with E-state index in [-0.39, 0.29) is 11.3 Å². The molecule has 0 radical (unpaired) electrons. The van der Waals surface area contributed by atoms with E-state index in [1.54, 1.807) is 12.1 Å². The number of ketones is 1. The summed E-state index contributed by atoms with van der Waals surface area (Å²) in [6.45, 7) is 0. The maximum absolute atomic E-state index is 12.4.